The molecule has 1 heterocycles. The van der Waals surface area contributed by atoms with Crippen LogP contribution in [0.2, 0.25) is 0 Å². The molecule has 0 aliphatic rings. The van der Waals surface area contributed by atoms with Gasteiger partial charge in [0.05, 0.1) is 6.54 Å². The highest BCUT2D eigenvalue weighted by atomic mass is 16.2. The van der Waals surface area contributed by atoms with Gasteiger partial charge in [-0.05, 0) is 17.9 Å². The fourth-order valence-corrected chi connectivity index (χ4v) is 2.60. The minimum Gasteiger partial charge on any atom is -0.338 e. The number of imidazole rings is 1. The molecule has 1 atom stereocenters. The minimum atomic E-state index is -0.00679. The smallest absolute Gasteiger partial charge is 0.226 e. The predicted octanol–water partition coefficient (Wildman–Crippen LogP) is 2.89. The molecule has 1 amide bonds. The zero-order chi connectivity index (χ0) is 16.1. The summed E-state index contributed by atoms with van der Waals surface area (Å²) in [6, 6.07) is 10.2. The molecule has 0 aliphatic heterocycles. The fourth-order valence-electron chi connectivity index (χ4n) is 2.60. The van der Waals surface area contributed by atoms with Crippen LogP contribution in [0.15, 0.2) is 42.7 Å². The Morgan fingerprint density at radius 3 is 2.50 bits per heavy atom. The molecule has 0 fully saturated rings. The summed E-state index contributed by atoms with van der Waals surface area (Å²) < 4.78 is 1.95. The molecule has 2 aromatic rings. The largest absolute Gasteiger partial charge is 0.338 e. The first-order chi connectivity index (χ1) is 10.5. The van der Waals surface area contributed by atoms with Gasteiger partial charge >= 0.3 is 0 Å². The van der Waals surface area contributed by atoms with Crippen molar-refractivity contribution in [3.05, 3.63) is 54.1 Å². The molecule has 22 heavy (non-hydrogen) atoms. The van der Waals surface area contributed by atoms with Crippen molar-refractivity contribution in [3.8, 4) is 0 Å². The molecule has 4 nitrogen and oxygen atoms in total. The van der Waals surface area contributed by atoms with Crippen LogP contribution in [0.25, 0.3) is 0 Å². The number of nitrogens with zero attached hydrogens (tertiary/aromatic N) is 3. The second kappa shape index (κ2) is 7.25. The van der Waals surface area contributed by atoms with Crippen molar-refractivity contribution in [1.29, 1.82) is 0 Å². The Balaban J connectivity index is 2.07. The fraction of sp³-hybridized carbons (Fsp3) is 0.444. The summed E-state index contributed by atoms with van der Waals surface area (Å²) in [7, 11) is 3.81. The second-order valence-electron chi connectivity index (χ2n) is 6.19. The molecule has 2 rings (SSSR count). The van der Waals surface area contributed by atoms with E-state index in [1.54, 1.807) is 11.1 Å². The Bertz CT molecular complexity index is 604. The van der Waals surface area contributed by atoms with Gasteiger partial charge in [-0.2, -0.15) is 0 Å². The van der Waals surface area contributed by atoms with Crippen LogP contribution < -0.4 is 0 Å². The van der Waals surface area contributed by atoms with Gasteiger partial charge in [-0.1, -0.05) is 44.2 Å². The van der Waals surface area contributed by atoms with E-state index >= 15 is 0 Å². The van der Waals surface area contributed by atoms with E-state index in [1.807, 2.05) is 43.1 Å². The van der Waals surface area contributed by atoms with E-state index in [4.69, 9.17) is 0 Å². The molecule has 0 radical (unpaired) electrons. The van der Waals surface area contributed by atoms with Crippen LogP contribution in [0.5, 0.6) is 0 Å². The minimum absolute atomic E-state index is 0.00679. The van der Waals surface area contributed by atoms with Crippen molar-refractivity contribution in [2.75, 3.05) is 7.05 Å². The summed E-state index contributed by atoms with van der Waals surface area (Å²) >= 11 is 0. The van der Waals surface area contributed by atoms with Crippen LogP contribution in [-0.2, 0) is 24.8 Å². The molecule has 0 bridgehead atoms. The maximum atomic E-state index is 12.8. The van der Waals surface area contributed by atoms with Crippen molar-refractivity contribution in [2.24, 2.45) is 18.9 Å². The molecular formula is C18H25N3O. The first kappa shape index (κ1) is 16.3. The Morgan fingerprint density at radius 2 is 1.95 bits per heavy atom. The van der Waals surface area contributed by atoms with Crippen LogP contribution in [0.1, 0.15) is 25.2 Å². The number of hydrogen-bond acceptors (Lipinski definition) is 2. The topological polar surface area (TPSA) is 38.1 Å². The van der Waals surface area contributed by atoms with Crippen molar-refractivity contribution >= 4 is 5.91 Å². The van der Waals surface area contributed by atoms with Crippen LogP contribution >= 0.6 is 0 Å². The monoisotopic (exact) mass is 299 g/mol. The highest BCUT2D eigenvalue weighted by Gasteiger charge is 2.26. The number of aromatic nitrogens is 2. The molecular weight excluding hydrogens is 274 g/mol. The lowest BCUT2D eigenvalue weighted by molar-refractivity contribution is -0.136. The summed E-state index contributed by atoms with van der Waals surface area (Å²) in [6.07, 6.45) is 4.44. The van der Waals surface area contributed by atoms with E-state index in [2.05, 4.69) is 31.0 Å². The molecule has 118 valence electrons. The molecule has 0 saturated heterocycles. The number of carbonyl (C=O) groups excluding carboxylic acids is 1. The average Bonchev–Trinajstić information content (AvgIpc) is 2.90. The van der Waals surface area contributed by atoms with Gasteiger partial charge in [0.25, 0.3) is 0 Å². The van der Waals surface area contributed by atoms with E-state index < -0.39 is 0 Å². The average molecular weight is 299 g/mol. The lowest BCUT2D eigenvalue weighted by Crippen LogP contribution is -2.36. The number of aryl methyl sites for hydroxylation is 1. The number of benzene rings is 1. The molecule has 0 N–H and O–H groups in total. The maximum absolute atomic E-state index is 12.8. The quantitative estimate of drug-likeness (QED) is 0.822. The van der Waals surface area contributed by atoms with E-state index in [-0.39, 0.29) is 11.8 Å². The SMILES string of the molecule is CC(C)C(Cc1ccccc1)C(=O)N(C)Cc1nccn1C. The summed E-state index contributed by atoms with van der Waals surface area (Å²) in [5.74, 6) is 1.38. The summed E-state index contributed by atoms with van der Waals surface area (Å²) in [5, 5.41) is 0. The number of rotatable bonds is 6. The van der Waals surface area contributed by atoms with Gasteiger partial charge in [0.1, 0.15) is 5.82 Å². The van der Waals surface area contributed by atoms with Crippen LogP contribution in [0, 0.1) is 11.8 Å². The lowest BCUT2D eigenvalue weighted by Gasteiger charge is -2.26. The van der Waals surface area contributed by atoms with Crippen LogP contribution in [-0.4, -0.2) is 27.4 Å². The summed E-state index contributed by atoms with van der Waals surface area (Å²) in [5.41, 5.74) is 1.21. The number of amides is 1. The van der Waals surface area contributed by atoms with Crippen molar-refractivity contribution in [3.63, 3.8) is 0 Å². The van der Waals surface area contributed by atoms with Gasteiger partial charge in [0.15, 0.2) is 0 Å². The Kier molecular flexibility index (Phi) is 5.36. The van der Waals surface area contributed by atoms with Crippen LogP contribution in [0.3, 0.4) is 0 Å². The first-order valence-corrected chi connectivity index (χ1v) is 7.74. The molecule has 0 spiro atoms. The predicted molar refractivity (Wildman–Crippen MR) is 88.2 cm³/mol. The first-order valence-electron chi connectivity index (χ1n) is 7.74. The van der Waals surface area contributed by atoms with Crippen molar-refractivity contribution in [1.82, 2.24) is 14.5 Å². The standard InChI is InChI=1S/C18H25N3O/c1-14(2)16(12-15-8-6-5-7-9-15)18(22)21(4)13-17-19-10-11-20(17)3/h5-11,14,16H,12-13H2,1-4H3. The Morgan fingerprint density at radius 1 is 1.27 bits per heavy atom. The van der Waals surface area contributed by atoms with Crippen molar-refractivity contribution < 1.29 is 4.79 Å². The molecule has 0 saturated carbocycles. The zero-order valence-electron chi connectivity index (χ0n) is 13.9. The maximum Gasteiger partial charge on any atom is 0.226 e. The number of hydrogen-bond donors (Lipinski definition) is 0. The van der Waals surface area contributed by atoms with E-state index in [1.165, 1.54) is 5.56 Å². The third-order valence-electron chi connectivity index (χ3n) is 4.10. The second-order valence-corrected chi connectivity index (χ2v) is 6.19. The third kappa shape index (κ3) is 3.97. The van der Waals surface area contributed by atoms with Crippen LogP contribution in [0.4, 0.5) is 0 Å². The van der Waals surface area contributed by atoms with Gasteiger partial charge in [-0.25, -0.2) is 4.98 Å². The van der Waals surface area contributed by atoms with Gasteiger partial charge in [0.2, 0.25) is 5.91 Å². The van der Waals surface area contributed by atoms with Gasteiger partial charge in [0, 0.05) is 32.4 Å². The highest BCUT2D eigenvalue weighted by Crippen LogP contribution is 2.20. The molecule has 4 heteroatoms. The Labute approximate surface area is 132 Å². The third-order valence-corrected chi connectivity index (χ3v) is 4.10. The zero-order valence-corrected chi connectivity index (χ0v) is 13.9. The molecule has 1 unspecified atom stereocenters. The van der Waals surface area contributed by atoms with Gasteiger partial charge in [-0.15, -0.1) is 0 Å². The summed E-state index contributed by atoms with van der Waals surface area (Å²) in [6.45, 7) is 4.76. The molecule has 1 aromatic carbocycles. The van der Waals surface area contributed by atoms with Gasteiger partial charge < -0.3 is 9.47 Å². The lowest BCUT2D eigenvalue weighted by atomic mass is 9.88. The molecule has 1 aromatic heterocycles. The number of carbonyl (C=O) groups is 1. The summed E-state index contributed by atoms with van der Waals surface area (Å²) in [4.78, 5) is 18.9. The van der Waals surface area contributed by atoms with Gasteiger partial charge in [-0.3, -0.25) is 4.79 Å². The Hall–Kier alpha value is -2.10. The van der Waals surface area contributed by atoms with Crippen molar-refractivity contribution in [2.45, 2.75) is 26.8 Å². The molecule has 0 aliphatic carbocycles. The highest BCUT2D eigenvalue weighted by molar-refractivity contribution is 5.79. The normalized spacial score (nSPS) is 12.4. The van der Waals surface area contributed by atoms with E-state index in [0.717, 1.165) is 12.2 Å². The van der Waals surface area contributed by atoms with E-state index in [0.29, 0.717) is 12.5 Å². The van der Waals surface area contributed by atoms with E-state index in [9.17, 15) is 4.79 Å².